The molecule has 1 aromatic heterocycles. The standard InChI is InChI=1S/C14H12Br2ClN3O/c1-8(21)20-13-3-2-10(5-12(13)17)18-7-14-11(16)4-9(15)6-19-14/h2-6,18H,7H2,1H3,(H,20,21). The van der Waals surface area contributed by atoms with Crippen molar-refractivity contribution in [2.24, 2.45) is 0 Å². The molecule has 0 aliphatic rings. The minimum absolute atomic E-state index is 0.152. The van der Waals surface area contributed by atoms with Crippen LogP contribution in [0.3, 0.4) is 0 Å². The lowest BCUT2D eigenvalue weighted by atomic mass is 10.2. The van der Waals surface area contributed by atoms with E-state index in [0.717, 1.165) is 20.3 Å². The summed E-state index contributed by atoms with van der Waals surface area (Å²) < 4.78 is 1.84. The minimum atomic E-state index is -0.152. The number of amides is 1. The Labute approximate surface area is 144 Å². The largest absolute Gasteiger partial charge is 0.379 e. The fourth-order valence-corrected chi connectivity index (χ4v) is 3.03. The molecular formula is C14H12Br2ClN3O. The lowest BCUT2D eigenvalue weighted by Gasteiger charge is -2.10. The maximum absolute atomic E-state index is 11.0. The second-order valence-electron chi connectivity index (χ2n) is 4.31. The van der Waals surface area contributed by atoms with Crippen LogP contribution >= 0.6 is 43.5 Å². The number of aromatic nitrogens is 1. The van der Waals surface area contributed by atoms with E-state index in [4.69, 9.17) is 11.6 Å². The van der Waals surface area contributed by atoms with Gasteiger partial charge in [-0.15, -0.1) is 0 Å². The molecular weight excluding hydrogens is 421 g/mol. The van der Waals surface area contributed by atoms with Crippen molar-refractivity contribution in [3.63, 3.8) is 0 Å². The van der Waals surface area contributed by atoms with Crippen molar-refractivity contribution < 1.29 is 4.79 Å². The Morgan fingerprint density at radius 3 is 2.71 bits per heavy atom. The van der Waals surface area contributed by atoms with Crippen LogP contribution in [0.2, 0.25) is 5.02 Å². The topological polar surface area (TPSA) is 54.0 Å². The number of carbonyl (C=O) groups is 1. The van der Waals surface area contributed by atoms with Crippen LogP contribution in [0.4, 0.5) is 11.4 Å². The highest BCUT2D eigenvalue weighted by molar-refractivity contribution is 9.11. The van der Waals surface area contributed by atoms with Crippen LogP contribution in [0.1, 0.15) is 12.6 Å². The maximum atomic E-state index is 11.0. The zero-order valence-corrected chi connectivity index (χ0v) is 15.0. The third-order valence-corrected chi connectivity index (χ3v) is 4.06. The van der Waals surface area contributed by atoms with E-state index in [0.29, 0.717) is 17.3 Å². The molecule has 0 atom stereocenters. The van der Waals surface area contributed by atoms with Crippen LogP contribution in [-0.2, 0) is 11.3 Å². The van der Waals surface area contributed by atoms with E-state index in [-0.39, 0.29) is 5.91 Å². The first-order valence-corrected chi connectivity index (χ1v) is 8.03. The molecule has 0 unspecified atom stereocenters. The van der Waals surface area contributed by atoms with Gasteiger partial charge in [0.15, 0.2) is 0 Å². The molecule has 7 heteroatoms. The van der Waals surface area contributed by atoms with E-state index < -0.39 is 0 Å². The summed E-state index contributed by atoms with van der Waals surface area (Å²) in [6.45, 7) is 2.00. The summed E-state index contributed by atoms with van der Waals surface area (Å²) in [6, 6.07) is 7.32. The second-order valence-corrected chi connectivity index (χ2v) is 6.49. The number of pyridine rings is 1. The third kappa shape index (κ3) is 4.69. The van der Waals surface area contributed by atoms with E-state index in [1.807, 2.05) is 12.1 Å². The van der Waals surface area contributed by atoms with Gasteiger partial charge in [-0.3, -0.25) is 9.78 Å². The van der Waals surface area contributed by atoms with Crippen molar-refractivity contribution in [1.82, 2.24) is 4.98 Å². The molecule has 1 amide bonds. The molecule has 4 nitrogen and oxygen atoms in total. The Morgan fingerprint density at radius 2 is 2.10 bits per heavy atom. The molecule has 1 heterocycles. The summed E-state index contributed by atoms with van der Waals surface area (Å²) in [5, 5.41) is 6.39. The van der Waals surface area contributed by atoms with Gasteiger partial charge >= 0.3 is 0 Å². The quantitative estimate of drug-likeness (QED) is 0.726. The molecule has 0 aliphatic heterocycles. The number of nitrogens with one attached hydrogen (secondary N) is 2. The molecule has 2 N–H and O–H groups in total. The predicted molar refractivity (Wildman–Crippen MR) is 92.7 cm³/mol. The van der Waals surface area contributed by atoms with Crippen LogP contribution in [-0.4, -0.2) is 10.9 Å². The molecule has 110 valence electrons. The van der Waals surface area contributed by atoms with Crippen LogP contribution in [0.15, 0.2) is 39.4 Å². The first-order chi connectivity index (χ1) is 9.95. The molecule has 1 aromatic carbocycles. The van der Waals surface area contributed by atoms with E-state index in [1.165, 1.54) is 6.92 Å². The van der Waals surface area contributed by atoms with Gasteiger partial charge in [-0.1, -0.05) is 11.6 Å². The van der Waals surface area contributed by atoms with Gasteiger partial charge in [0.2, 0.25) is 5.91 Å². The number of nitrogens with zero attached hydrogens (tertiary/aromatic N) is 1. The third-order valence-electron chi connectivity index (χ3n) is 2.62. The Bertz CT molecular complexity index is 679. The summed E-state index contributed by atoms with van der Waals surface area (Å²) in [7, 11) is 0. The van der Waals surface area contributed by atoms with Crippen molar-refractivity contribution >= 4 is 60.7 Å². The highest BCUT2D eigenvalue weighted by Gasteiger charge is 2.05. The summed E-state index contributed by atoms with van der Waals surface area (Å²) in [5.74, 6) is -0.152. The van der Waals surface area contributed by atoms with Crippen LogP contribution in [0.25, 0.3) is 0 Å². The highest BCUT2D eigenvalue weighted by atomic mass is 79.9. The average Bonchev–Trinajstić information content (AvgIpc) is 2.40. The van der Waals surface area contributed by atoms with Gasteiger partial charge in [0.25, 0.3) is 0 Å². The normalized spacial score (nSPS) is 10.3. The number of hydrogen-bond donors (Lipinski definition) is 2. The van der Waals surface area contributed by atoms with Crippen molar-refractivity contribution in [2.45, 2.75) is 13.5 Å². The maximum Gasteiger partial charge on any atom is 0.221 e. The molecule has 0 bridgehead atoms. The van der Waals surface area contributed by atoms with Gasteiger partial charge in [0, 0.05) is 27.8 Å². The zero-order chi connectivity index (χ0) is 15.4. The van der Waals surface area contributed by atoms with Crippen LogP contribution in [0, 0.1) is 0 Å². The number of anilines is 2. The van der Waals surface area contributed by atoms with Gasteiger partial charge in [-0.2, -0.15) is 0 Å². The second kappa shape index (κ2) is 7.24. The van der Waals surface area contributed by atoms with E-state index in [2.05, 4.69) is 47.5 Å². The van der Waals surface area contributed by atoms with Gasteiger partial charge in [0.1, 0.15) is 0 Å². The Hall–Kier alpha value is -1.11. The Balaban J connectivity index is 2.06. The molecule has 2 aromatic rings. The van der Waals surface area contributed by atoms with Crippen LogP contribution < -0.4 is 10.6 Å². The summed E-state index contributed by atoms with van der Waals surface area (Å²) in [5.41, 5.74) is 2.34. The molecule has 2 rings (SSSR count). The van der Waals surface area contributed by atoms with Crippen LogP contribution in [0.5, 0.6) is 0 Å². The first kappa shape index (κ1) is 16.3. The lowest BCUT2D eigenvalue weighted by molar-refractivity contribution is -0.114. The zero-order valence-electron chi connectivity index (χ0n) is 11.1. The van der Waals surface area contributed by atoms with Crippen molar-refractivity contribution in [3.8, 4) is 0 Å². The number of rotatable bonds is 4. The minimum Gasteiger partial charge on any atom is -0.379 e. The number of carbonyl (C=O) groups excluding carboxylic acids is 1. The number of halogens is 3. The van der Waals surface area contributed by atoms with Crippen molar-refractivity contribution in [1.29, 1.82) is 0 Å². The summed E-state index contributed by atoms with van der Waals surface area (Å²) in [6.07, 6.45) is 1.74. The number of benzene rings is 1. The van der Waals surface area contributed by atoms with Crippen molar-refractivity contribution in [3.05, 3.63) is 50.1 Å². The Kier molecular flexibility index (Phi) is 5.61. The fraction of sp³-hybridized carbons (Fsp3) is 0.143. The smallest absolute Gasteiger partial charge is 0.221 e. The molecule has 0 saturated heterocycles. The van der Waals surface area contributed by atoms with Crippen molar-refractivity contribution in [2.75, 3.05) is 10.6 Å². The molecule has 0 radical (unpaired) electrons. The first-order valence-electron chi connectivity index (χ1n) is 6.06. The molecule has 0 aliphatic carbocycles. The molecule has 0 fully saturated rings. The SMILES string of the molecule is CC(=O)Nc1ccc(NCc2ncc(Br)cc2Br)cc1Cl. The van der Waals surface area contributed by atoms with E-state index in [1.54, 1.807) is 18.3 Å². The van der Waals surface area contributed by atoms with E-state index in [9.17, 15) is 4.79 Å². The molecule has 0 spiro atoms. The molecule has 0 saturated carbocycles. The lowest BCUT2D eigenvalue weighted by Crippen LogP contribution is -2.07. The fourth-order valence-electron chi connectivity index (χ4n) is 1.67. The number of hydrogen-bond acceptors (Lipinski definition) is 3. The summed E-state index contributed by atoms with van der Waals surface area (Å²) >= 11 is 13.0. The highest BCUT2D eigenvalue weighted by Crippen LogP contribution is 2.26. The average molecular weight is 434 g/mol. The monoisotopic (exact) mass is 431 g/mol. The van der Waals surface area contributed by atoms with Gasteiger partial charge in [-0.25, -0.2) is 0 Å². The predicted octanol–water partition coefficient (Wildman–Crippen LogP) is 4.83. The van der Waals surface area contributed by atoms with Gasteiger partial charge in [-0.05, 0) is 56.1 Å². The van der Waals surface area contributed by atoms with Gasteiger partial charge < -0.3 is 10.6 Å². The summed E-state index contributed by atoms with van der Waals surface area (Å²) in [4.78, 5) is 15.3. The van der Waals surface area contributed by atoms with Gasteiger partial charge in [0.05, 0.1) is 22.9 Å². The molecule has 21 heavy (non-hydrogen) atoms. The van der Waals surface area contributed by atoms with E-state index >= 15 is 0 Å². The Morgan fingerprint density at radius 1 is 1.33 bits per heavy atom.